The molecule has 0 aliphatic rings. The lowest BCUT2D eigenvalue weighted by molar-refractivity contribution is 0.670. The van der Waals surface area contributed by atoms with Crippen molar-refractivity contribution in [3.05, 3.63) is 127 Å². The Morgan fingerprint density at radius 1 is 0.595 bits per heavy atom. The molecule has 0 aliphatic carbocycles. The van der Waals surface area contributed by atoms with E-state index in [9.17, 15) is 0 Å². The van der Waals surface area contributed by atoms with E-state index >= 15 is 0 Å². The molecule has 7 aromatic rings. The summed E-state index contributed by atoms with van der Waals surface area (Å²) in [5.74, 6) is 0. The first kappa shape index (κ1) is 21.6. The Hall–Kier alpha value is -4.69. The Balaban J connectivity index is 1.25. The molecule has 0 bridgehead atoms. The van der Waals surface area contributed by atoms with Gasteiger partial charge in [-0.2, -0.15) is 0 Å². The van der Waals surface area contributed by atoms with Gasteiger partial charge in [0, 0.05) is 28.1 Å². The van der Waals surface area contributed by atoms with Gasteiger partial charge in [0.1, 0.15) is 11.2 Å². The van der Waals surface area contributed by atoms with Crippen LogP contribution in [-0.2, 0) is 6.42 Å². The Morgan fingerprint density at radius 3 is 2.05 bits per heavy atom. The highest BCUT2D eigenvalue weighted by Crippen LogP contribution is 2.36. The quantitative estimate of drug-likeness (QED) is 0.253. The predicted octanol–water partition coefficient (Wildman–Crippen LogP) is 9.70. The van der Waals surface area contributed by atoms with Gasteiger partial charge in [-0.1, -0.05) is 91.9 Å². The van der Waals surface area contributed by atoms with Crippen molar-refractivity contribution in [2.45, 2.75) is 13.3 Å². The Bertz CT molecular complexity index is 1890. The van der Waals surface area contributed by atoms with E-state index < -0.39 is 0 Å². The summed E-state index contributed by atoms with van der Waals surface area (Å²) in [6.07, 6.45) is 3.02. The number of fused-ring (bicyclic) bond motifs is 4. The third kappa shape index (κ3) is 3.78. The van der Waals surface area contributed by atoms with Crippen LogP contribution >= 0.6 is 0 Å². The molecule has 2 heteroatoms. The summed E-state index contributed by atoms with van der Waals surface area (Å²) in [4.78, 5) is 4.85. The second-order valence-electron chi connectivity index (χ2n) is 9.54. The molecule has 2 heterocycles. The van der Waals surface area contributed by atoms with E-state index in [1.807, 2.05) is 24.4 Å². The van der Waals surface area contributed by atoms with Crippen LogP contribution in [0.2, 0.25) is 0 Å². The molecule has 0 radical (unpaired) electrons. The van der Waals surface area contributed by atoms with Gasteiger partial charge in [-0.3, -0.25) is 4.98 Å². The van der Waals surface area contributed by atoms with Crippen LogP contribution < -0.4 is 0 Å². The molecule has 0 amide bonds. The van der Waals surface area contributed by atoms with E-state index in [4.69, 9.17) is 9.40 Å². The molecule has 0 atom stereocenters. The van der Waals surface area contributed by atoms with Gasteiger partial charge in [-0.25, -0.2) is 0 Å². The zero-order valence-electron chi connectivity index (χ0n) is 20.6. The maximum atomic E-state index is 6.22. The zero-order valence-corrected chi connectivity index (χ0v) is 20.6. The van der Waals surface area contributed by atoms with Crippen molar-refractivity contribution in [1.29, 1.82) is 0 Å². The molecule has 0 saturated carbocycles. The lowest BCUT2D eigenvalue weighted by atomic mass is 9.97. The van der Waals surface area contributed by atoms with Gasteiger partial charge in [0.25, 0.3) is 0 Å². The molecule has 176 valence electrons. The molecule has 0 N–H and O–H groups in total. The Kier molecular flexibility index (Phi) is 5.11. The Morgan fingerprint density at radius 2 is 1.30 bits per heavy atom. The van der Waals surface area contributed by atoms with Crippen LogP contribution in [0.5, 0.6) is 0 Å². The van der Waals surface area contributed by atoms with Gasteiger partial charge in [-0.05, 0) is 69.8 Å². The lowest BCUT2D eigenvalue weighted by Crippen LogP contribution is -1.87. The number of aromatic nitrogens is 1. The first-order valence-corrected chi connectivity index (χ1v) is 12.8. The number of hydrogen-bond donors (Lipinski definition) is 0. The largest absolute Gasteiger partial charge is 0.455 e. The third-order valence-corrected chi connectivity index (χ3v) is 7.31. The standard InChI is InChI=1S/C35H25NO/c1-2-23-10-12-24(13-11-23)26-16-14-25-15-17-27(21-29(25)20-26)28-18-19-33(36-22-28)32-8-5-7-31-30-6-3-4-9-34(30)37-35(31)32/h3-22H,2H2,1H3. The van der Waals surface area contributed by atoms with Crippen LogP contribution in [-0.4, -0.2) is 4.98 Å². The zero-order chi connectivity index (χ0) is 24.8. The second kappa shape index (κ2) is 8.76. The summed E-state index contributed by atoms with van der Waals surface area (Å²) in [5, 5.41) is 4.71. The first-order valence-electron chi connectivity index (χ1n) is 12.8. The number of aryl methyl sites for hydroxylation is 1. The molecule has 37 heavy (non-hydrogen) atoms. The van der Waals surface area contributed by atoms with Gasteiger partial charge in [0.2, 0.25) is 0 Å². The maximum absolute atomic E-state index is 6.22. The molecule has 2 nitrogen and oxygen atoms in total. The molecule has 5 aromatic carbocycles. The highest BCUT2D eigenvalue weighted by atomic mass is 16.3. The number of para-hydroxylation sites is 2. The highest BCUT2D eigenvalue weighted by Gasteiger charge is 2.13. The van der Waals surface area contributed by atoms with Crippen molar-refractivity contribution in [3.8, 4) is 33.5 Å². The van der Waals surface area contributed by atoms with E-state index in [0.29, 0.717) is 0 Å². The van der Waals surface area contributed by atoms with Crippen molar-refractivity contribution in [3.63, 3.8) is 0 Å². The van der Waals surface area contributed by atoms with E-state index in [0.717, 1.165) is 50.7 Å². The normalized spacial score (nSPS) is 11.5. The van der Waals surface area contributed by atoms with Crippen LogP contribution in [0.3, 0.4) is 0 Å². The molecule has 2 aromatic heterocycles. The summed E-state index contributed by atoms with van der Waals surface area (Å²) in [6.45, 7) is 2.19. The molecule has 0 fully saturated rings. The Labute approximate surface area is 215 Å². The topological polar surface area (TPSA) is 26.0 Å². The summed E-state index contributed by atoms with van der Waals surface area (Å²) < 4.78 is 6.22. The summed E-state index contributed by atoms with van der Waals surface area (Å²) >= 11 is 0. The fourth-order valence-corrected chi connectivity index (χ4v) is 5.21. The van der Waals surface area contributed by atoms with Gasteiger partial charge in [0.15, 0.2) is 0 Å². The van der Waals surface area contributed by atoms with Crippen LogP contribution in [0.25, 0.3) is 66.2 Å². The third-order valence-electron chi connectivity index (χ3n) is 7.31. The van der Waals surface area contributed by atoms with E-state index in [1.54, 1.807) is 0 Å². The van der Waals surface area contributed by atoms with Crippen molar-refractivity contribution in [2.75, 3.05) is 0 Å². The molecule has 0 unspecified atom stereocenters. The van der Waals surface area contributed by atoms with Crippen molar-refractivity contribution < 1.29 is 4.42 Å². The molecule has 0 saturated heterocycles. The van der Waals surface area contributed by atoms with Gasteiger partial charge in [0.05, 0.1) is 5.69 Å². The minimum Gasteiger partial charge on any atom is -0.455 e. The fourth-order valence-electron chi connectivity index (χ4n) is 5.21. The maximum Gasteiger partial charge on any atom is 0.144 e. The number of hydrogen-bond acceptors (Lipinski definition) is 2. The van der Waals surface area contributed by atoms with Gasteiger partial charge in [-0.15, -0.1) is 0 Å². The van der Waals surface area contributed by atoms with E-state index in [-0.39, 0.29) is 0 Å². The first-order chi connectivity index (χ1) is 18.3. The molecule has 0 aliphatic heterocycles. The van der Waals surface area contributed by atoms with E-state index in [2.05, 4.69) is 104 Å². The predicted molar refractivity (Wildman–Crippen MR) is 155 cm³/mol. The highest BCUT2D eigenvalue weighted by molar-refractivity contribution is 6.09. The minimum atomic E-state index is 0.883. The van der Waals surface area contributed by atoms with Crippen molar-refractivity contribution in [1.82, 2.24) is 4.98 Å². The van der Waals surface area contributed by atoms with Crippen LogP contribution in [0.15, 0.2) is 126 Å². The van der Waals surface area contributed by atoms with E-state index in [1.165, 1.54) is 27.5 Å². The molecular formula is C35H25NO. The van der Waals surface area contributed by atoms with Crippen molar-refractivity contribution >= 4 is 32.7 Å². The smallest absolute Gasteiger partial charge is 0.144 e. The number of furan rings is 1. The van der Waals surface area contributed by atoms with Gasteiger partial charge < -0.3 is 4.42 Å². The SMILES string of the molecule is CCc1ccc(-c2ccc3ccc(-c4ccc(-c5cccc6c5oc5ccccc56)nc4)cc3c2)cc1. The number of pyridine rings is 1. The summed E-state index contributed by atoms with van der Waals surface area (Å²) in [5.41, 5.74) is 9.80. The van der Waals surface area contributed by atoms with Gasteiger partial charge >= 0.3 is 0 Å². The van der Waals surface area contributed by atoms with Crippen LogP contribution in [0.1, 0.15) is 12.5 Å². The number of benzene rings is 5. The lowest BCUT2D eigenvalue weighted by Gasteiger charge is -2.08. The summed E-state index contributed by atoms with van der Waals surface area (Å²) in [7, 11) is 0. The average molecular weight is 476 g/mol. The fraction of sp³-hybridized carbons (Fsp3) is 0.0571. The number of nitrogens with zero attached hydrogens (tertiary/aromatic N) is 1. The second-order valence-corrected chi connectivity index (χ2v) is 9.54. The molecular weight excluding hydrogens is 450 g/mol. The average Bonchev–Trinajstić information content (AvgIpc) is 3.36. The van der Waals surface area contributed by atoms with Crippen molar-refractivity contribution in [2.24, 2.45) is 0 Å². The van der Waals surface area contributed by atoms with Crippen LogP contribution in [0.4, 0.5) is 0 Å². The monoisotopic (exact) mass is 475 g/mol. The molecule has 0 spiro atoms. The number of rotatable bonds is 4. The molecule has 7 rings (SSSR count). The minimum absolute atomic E-state index is 0.883. The summed E-state index contributed by atoms with van der Waals surface area (Å²) in [6, 6.07) is 40.9. The van der Waals surface area contributed by atoms with Crippen LogP contribution in [0, 0.1) is 0 Å².